The Morgan fingerprint density at radius 2 is 1.85 bits per heavy atom. The van der Waals surface area contributed by atoms with Crippen LogP contribution in [-0.2, 0) is 6.42 Å². The summed E-state index contributed by atoms with van der Waals surface area (Å²) < 4.78 is 32.3. The van der Waals surface area contributed by atoms with Crippen molar-refractivity contribution in [1.82, 2.24) is 0 Å². The molecule has 0 aliphatic heterocycles. The van der Waals surface area contributed by atoms with E-state index in [-0.39, 0.29) is 11.6 Å². The minimum atomic E-state index is -0.470. The fraction of sp³-hybridized carbons (Fsp3) is 0.125. The van der Waals surface area contributed by atoms with Crippen LogP contribution in [-0.4, -0.2) is 0 Å². The minimum absolute atomic E-state index is 0.287. The third-order valence-corrected chi connectivity index (χ3v) is 3.26. The van der Waals surface area contributed by atoms with E-state index < -0.39 is 6.04 Å². The van der Waals surface area contributed by atoms with Crippen LogP contribution >= 0.6 is 0 Å². The molecule has 0 aliphatic rings. The molecule has 3 rings (SSSR count). The lowest BCUT2D eigenvalue weighted by Crippen LogP contribution is -2.13. The van der Waals surface area contributed by atoms with Crippen molar-refractivity contribution < 1.29 is 13.2 Å². The first-order chi connectivity index (χ1) is 9.63. The van der Waals surface area contributed by atoms with E-state index in [0.29, 0.717) is 28.7 Å². The number of furan rings is 1. The summed E-state index contributed by atoms with van der Waals surface area (Å²) >= 11 is 0. The molecule has 4 heteroatoms. The van der Waals surface area contributed by atoms with Gasteiger partial charge in [0.05, 0.1) is 6.04 Å². The van der Waals surface area contributed by atoms with E-state index in [4.69, 9.17) is 10.2 Å². The monoisotopic (exact) mass is 273 g/mol. The molecule has 0 saturated carbocycles. The van der Waals surface area contributed by atoms with Gasteiger partial charge in [0.1, 0.15) is 23.0 Å². The van der Waals surface area contributed by atoms with Crippen LogP contribution in [0, 0.1) is 11.6 Å². The maximum atomic E-state index is 13.6. The van der Waals surface area contributed by atoms with Gasteiger partial charge in [-0.2, -0.15) is 0 Å². The number of hydrogen-bond acceptors (Lipinski definition) is 2. The Morgan fingerprint density at radius 3 is 2.65 bits per heavy atom. The molecule has 1 unspecified atom stereocenters. The van der Waals surface area contributed by atoms with E-state index in [2.05, 4.69) is 0 Å². The summed E-state index contributed by atoms with van der Waals surface area (Å²) in [4.78, 5) is 0. The van der Waals surface area contributed by atoms with E-state index in [0.717, 1.165) is 0 Å². The molecule has 2 aromatic carbocycles. The molecule has 1 heterocycles. The molecule has 20 heavy (non-hydrogen) atoms. The summed E-state index contributed by atoms with van der Waals surface area (Å²) in [5, 5.41) is 0.656. The van der Waals surface area contributed by atoms with Crippen LogP contribution in [0.25, 0.3) is 11.0 Å². The fourth-order valence-corrected chi connectivity index (χ4v) is 2.22. The van der Waals surface area contributed by atoms with Gasteiger partial charge in [0.2, 0.25) is 0 Å². The Hall–Kier alpha value is -2.20. The molecule has 2 N–H and O–H groups in total. The van der Waals surface area contributed by atoms with Crippen molar-refractivity contribution in [1.29, 1.82) is 0 Å². The lowest BCUT2D eigenvalue weighted by molar-refractivity contribution is 0.487. The van der Waals surface area contributed by atoms with Gasteiger partial charge in [-0.3, -0.25) is 0 Å². The van der Waals surface area contributed by atoms with Crippen LogP contribution in [0.1, 0.15) is 17.4 Å². The zero-order valence-corrected chi connectivity index (χ0v) is 10.6. The number of halogens is 2. The molecule has 1 atom stereocenters. The summed E-state index contributed by atoms with van der Waals surface area (Å²) in [5.74, 6) is -0.0912. The van der Waals surface area contributed by atoms with Crippen molar-refractivity contribution in [3.63, 3.8) is 0 Å². The topological polar surface area (TPSA) is 39.2 Å². The predicted octanol–water partition coefficient (Wildman–Crippen LogP) is 3.95. The standard InChI is InChI=1S/C16H13F2NO/c17-12-5-6-15-11(7-12)9-16(20-15)14(19)8-10-3-1-2-4-13(10)18/h1-7,9,14H,8,19H2. The van der Waals surface area contributed by atoms with Gasteiger partial charge >= 0.3 is 0 Å². The van der Waals surface area contributed by atoms with E-state index in [9.17, 15) is 8.78 Å². The van der Waals surface area contributed by atoms with Gasteiger partial charge in [-0.05, 0) is 42.3 Å². The Morgan fingerprint density at radius 1 is 1.05 bits per heavy atom. The minimum Gasteiger partial charge on any atom is -0.459 e. The molecule has 0 saturated heterocycles. The Balaban J connectivity index is 1.89. The Labute approximate surface area is 114 Å². The van der Waals surface area contributed by atoms with Crippen molar-refractivity contribution in [2.24, 2.45) is 5.73 Å². The van der Waals surface area contributed by atoms with E-state index in [1.54, 1.807) is 30.3 Å². The molecule has 0 aliphatic carbocycles. The molecule has 2 nitrogen and oxygen atoms in total. The van der Waals surface area contributed by atoms with E-state index in [1.165, 1.54) is 18.2 Å². The van der Waals surface area contributed by atoms with E-state index >= 15 is 0 Å². The van der Waals surface area contributed by atoms with Gasteiger partial charge in [0, 0.05) is 5.39 Å². The van der Waals surface area contributed by atoms with Crippen molar-refractivity contribution in [3.05, 3.63) is 71.5 Å². The number of benzene rings is 2. The Kier molecular flexibility index (Phi) is 3.24. The average molecular weight is 273 g/mol. The molecule has 0 bridgehead atoms. The maximum Gasteiger partial charge on any atom is 0.134 e. The van der Waals surface area contributed by atoms with Crippen LogP contribution < -0.4 is 5.73 Å². The number of rotatable bonds is 3. The summed E-state index contributed by atoms with van der Waals surface area (Å²) in [7, 11) is 0. The van der Waals surface area contributed by atoms with Gasteiger partial charge in [-0.15, -0.1) is 0 Å². The molecule has 0 radical (unpaired) electrons. The van der Waals surface area contributed by atoms with Crippen molar-refractivity contribution in [2.45, 2.75) is 12.5 Å². The van der Waals surface area contributed by atoms with Crippen molar-refractivity contribution in [3.8, 4) is 0 Å². The third kappa shape index (κ3) is 2.42. The molecule has 0 spiro atoms. The van der Waals surface area contributed by atoms with Gasteiger partial charge in [0.25, 0.3) is 0 Å². The number of fused-ring (bicyclic) bond motifs is 1. The van der Waals surface area contributed by atoms with Gasteiger partial charge in [0.15, 0.2) is 0 Å². The van der Waals surface area contributed by atoms with Crippen LogP contribution in [0.2, 0.25) is 0 Å². The number of nitrogens with two attached hydrogens (primary N) is 1. The largest absolute Gasteiger partial charge is 0.459 e. The first-order valence-electron chi connectivity index (χ1n) is 6.31. The highest BCUT2D eigenvalue weighted by Crippen LogP contribution is 2.26. The van der Waals surface area contributed by atoms with Crippen LogP contribution in [0.4, 0.5) is 8.78 Å². The second-order valence-electron chi connectivity index (χ2n) is 4.73. The molecule has 102 valence electrons. The SMILES string of the molecule is NC(Cc1ccccc1F)c1cc2cc(F)ccc2o1. The number of hydrogen-bond donors (Lipinski definition) is 1. The lowest BCUT2D eigenvalue weighted by atomic mass is 10.0. The second-order valence-corrected chi connectivity index (χ2v) is 4.73. The van der Waals surface area contributed by atoms with Gasteiger partial charge < -0.3 is 10.2 Å². The normalized spacial score (nSPS) is 12.8. The first kappa shape index (κ1) is 12.8. The molecule has 3 aromatic rings. The molecular weight excluding hydrogens is 260 g/mol. The zero-order valence-electron chi connectivity index (χ0n) is 10.6. The van der Waals surface area contributed by atoms with Crippen LogP contribution in [0.5, 0.6) is 0 Å². The predicted molar refractivity (Wildman–Crippen MR) is 73.2 cm³/mol. The highest BCUT2D eigenvalue weighted by molar-refractivity contribution is 5.78. The summed E-state index contributed by atoms with van der Waals surface area (Å²) in [6, 6.07) is 12.0. The van der Waals surface area contributed by atoms with Gasteiger partial charge in [-0.1, -0.05) is 18.2 Å². The molecule has 0 amide bonds. The zero-order chi connectivity index (χ0) is 14.1. The van der Waals surface area contributed by atoms with Gasteiger partial charge in [-0.25, -0.2) is 8.78 Å². The maximum absolute atomic E-state index is 13.6. The Bertz CT molecular complexity index is 751. The molecule has 0 fully saturated rings. The van der Waals surface area contributed by atoms with Crippen molar-refractivity contribution in [2.75, 3.05) is 0 Å². The highest BCUT2D eigenvalue weighted by Gasteiger charge is 2.15. The van der Waals surface area contributed by atoms with E-state index in [1.807, 2.05) is 0 Å². The lowest BCUT2D eigenvalue weighted by Gasteiger charge is -2.09. The second kappa shape index (κ2) is 5.06. The first-order valence-corrected chi connectivity index (χ1v) is 6.31. The smallest absolute Gasteiger partial charge is 0.134 e. The summed E-state index contributed by atoms with van der Waals surface area (Å²) in [6.07, 6.45) is 0.328. The summed E-state index contributed by atoms with van der Waals surface area (Å²) in [6.45, 7) is 0. The quantitative estimate of drug-likeness (QED) is 0.784. The highest BCUT2D eigenvalue weighted by atomic mass is 19.1. The summed E-state index contributed by atoms with van der Waals surface area (Å²) in [5.41, 5.74) is 7.15. The average Bonchev–Trinajstić information content (AvgIpc) is 2.84. The fourth-order valence-electron chi connectivity index (χ4n) is 2.22. The molecular formula is C16H13F2NO. The van der Waals surface area contributed by atoms with Crippen LogP contribution in [0.15, 0.2) is 52.9 Å². The molecule has 1 aromatic heterocycles. The van der Waals surface area contributed by atoms with Crippen molar-refractivity contribution >= 4 is 11.0 Å². The van der Waals surface area contributed by atoms with Crippen LogP contribution in [0.3, 0.4) is 0 Å². The third-order valence-electron chi connectivity index (χ3n) is 3.26.